The molecule has 124 valence electrons. The number of aromatic nitrogens is 1. The zero-order valence-corrected chi connectivity index (χ0v) is 14.0. The summed E-state index contributed by atoms with van der Waals surface area (Å²) in [5.41, 5.74) is 3.94. The van der Waals surface area contributed by atoms with E-state index in [0.29, 0.717) is 5.82 Å². The summed E-state index contributed by atoms with van der Waals surface area (Å²) in [6.45, 7) is 2.13. The standard InChI is InChI=1S/C21H19N3O/c1-2-15-8-7-9-16(14-15)23-20-17-10-3-4-11-18(17)21(25)24(20)19-12-5-6-13-22-19/h3-14,20,23H,2H2,1H3/t20-/m0/s1. The monoisotopic (exact) mass is 329 g/mol. The largest absolute Gasteiger partial charge is 0.361 e. The van der Waals surface area contributed by atoms with Crippen LogP contribution in [0, 0.1) is 0 Å². The first kappa shape index (κ1) is 15.4. The Morgan fingerprint density at radius 1 is 1.04 bits per heavy atom. The number of benzene rings is 2. The van der Waals surface area contributed by atoms with Gasteiger partial charge in [-0.25, -0.2) is 4.98 Å². The highest BCUT2D eigenvalue weighted by molar-refractivity contribution is 6.10. The highest BCUT2D eigenvalue weighted by Gasteiger charge is 2.38. The van der Waals surface area contributed by atoms with Gasteiger partial charge in [0.1, 0.15) is 12.0 Å². The maximum Gasteiger partial charge on any atom is 0.261 e. The molecule has 1 atom stereocenters. The lowest BCUT2D eigenvalue weighted by molar-refractivity contribution is 0.0992. The Labute approximate surface area is 147 Å². The average molecular weight is 329 g/mol. The van der Waals surface area contributed by atoms with E-state index in [2.05, 4.69) is 29.4 Å². The maximum absolute atomic E-state index is 13.0. The van der Waals surface area contributed by atoms with Crippen LogP contribution >= 0.6 is 0 Å². The van der Waals surface area contributed by atoms with E-state index in [9.17, 15) is 4.79 Å². The Kier molecular flexibility index (Phi) is 3.94. The van der Waals surface area contributed by atoms with Crippen LogP contribution in [0.15, 0.2) is 72.9 Å². The summed E-state index contributed by atoms with van der Waals surface area (Å²) in [5.74, 6) is 0.617. The normalized spacial score (nSPS) is 16.0. The zero-order chi connectivity index (χ0) is 17.2. The number of hydrogen-bond donors (Lipinski definition) is 1. The van der Waals surface area contributed by atoms with Crippen LogP contribution in [0.4, 0.5) is 11.5 Å². The molecule has 4 heteroatoms. The molecule has 0 unspecified atom stereocenters. The van der Waals surface area contributed by atoms with Crippen molar-refractivity contribution >= 4 is 17.4 Å². The van der Waals surface area contributed by atoms with Crippen molar-refractivity contribution in [3.63, 3.8) is 0 Å². The SMILES string of the molecule is CCc1cccc(N[C@@H]2c3ccccc3C(=O)N2c2ccccn2)c1. The minimum Gasteiger partial charge on any atom is -0.361 e. The van der Waals surface area contributed by atoms with Crippen molar-refractivity contribution in [2.75, 3.05) is 10.2 Å². The Morgan fingerprint density at radius 3 is 2.68 bits per heavy atom. The van der Waals surface area contributed by atoms with Gasteiger partial charge in [0.15, 0.2) is 0 Å². The second-order valence-corrected chi connectivity index (χ2v) is 6.05. The molecule has 0 aliphatic carbocycles. The molecule has 1 aliphatic heterocycles. The van der Waals surface area contributed by atoms with Crippen LogP contribution in [-0.2, 0) is 6.42 Å². The minimum absolute atomic E-state index is 0.0292. The topological polar surface area (TPSA) is 45.2 Å². The number of carbonyl (C=O) groups excluding carboxylic acids is 1. The lowest BCUT2D eigenvalue weighted by Crippen LogP contribution is -2.32. The molecule has 4 rings (SSSR count). The van der Waals surface area contributed by atoms with Crippen molar-refractivity contribution in [3.05, 3.63) is 89.6 Å². The van der Waals surface area contributed by atoms with Gasteiger partial charge in [-0.2, -0.15) is 0 Å². The van der Waals surface area contributed by atoms with E-state index in [-0.39, 0.29) is 12.1 Å². The van der Waals surface area contributed by atoms with Gasteiger partial charge < -0.3 is 5.32 Å². The van der Waals surface area contributed by atoms with Crippen LogP contribution < -0.4 is 10.2 Å². The predicted octanol–water partition coefficient (Wildman–Crippen LogP) is 4.42. The van der Waals surface area contributed by atoms with Crippen LogP contribution in [0.2, 0.25) is 0 Å². The van der Waals surface area contributed by atoms with Gasteiger partial charge in [-0.05, 0) is 42.3 Å². The highest BCUT2D eigenvalue weighted by Crippen LogP contribution is 2.37. The number of fused-ring (bicyclic) bond motifs is 1. The number of aryl methyl sites for hydroxylation is 1. The molecule has 1 amide bonds. The Hall–Kier alpha value is -3.14. The Morgan fingerprint density at radius 2 is 1.88 bits per heavy atom. The third kappa shape index (κ3) is 2.76. The zero-order valence-electron chi connectivity index (χ0n) is 14.0. The molecule has 1 aliphatic rings. The number of pyridine rings is 1. The van der Waals surface area contributed by atoms with E-state index in [4.69, 9.17) is 0 Å². The summed E-state index contributed by atoms with van der Waals surface area (Å²) in [5, 5.41) is 3.52. The van der Waals surface area contributed by atoms with E-state index >= 15 is 0 Å². The van der Waals surface area contributed by atoms with Gasteiger partial charge in [0.2, 0.25) is 0 Å². The number of anilines is 2. The molecule has 0 fully saturated rings. The second kappa shape index (κ2) is 6.40. The first-order chi connectivity index (χ1) is 12.3. The number of nitrogens with one attached hydrogen (secondary N) is 1. The van der Waals surface area contributed by atoms with Gasteiger partial charge in [-0.1, -0.05) is 43.3 Å². The fourth-order valence-electron chi connectivity index (χ4n) is 3.23. The molecular weight excluding hydrogens is 310 g/mol. The number of carbonyl (C=O) groups is 1. The van der Waals surface area contributed by atoms with E-state index in [1.807, 2.05) is 54.6 Å². The number of amides is 1. The summed E-state index contributed by atoms with van der Waals surface area (Å²) in [4.78, 5) is 19.1. The van der Waals surface area contributed by atoms with Gasteiger partial charge in [0.05, 0.1) is 0 Å². The summed E-state index contributed by atoms with van der Waals surface area (Å²) in [6.07, 6.45) is 2.41. The van der Waals surface area contributed by atoms with Crippen molar-refractivity contribution in [3.8, 4) is 0 Å². The first-order valence-corrected chi connectivity index (χ1v) is 8.47. The fourth-order valence-corrected chi connectivity index (χ4v) is 3.23. The quantitative estimate of drug-likeness (QED) is 0.771. The third-order valence-electron chi connectivity index (χ3n) is 4.50. The number of nitrogens with zero attached hydrogens (tertiary/aromatic N) is 2. The van der Waals surface area contributed by atoms with Gasteiger partial charge >= 0.3 is 0 Å². The minimum atomic E-state index is -0.272. The second-order valence-electron chi connectivity index (χ2n) is 6.05. The van der Waals surface area contributed by atoms with E-state index in [1.165, 1.54) is 5.56 Å². The van der Waals surface area contributed by atoms with E-state index in [1.54, 1.807) is 11.1 Å². The van der Waals surface area contributed by atoms with Crippen LogP contribution in [0.25, 0.3) is 0 Å². The lowest BCUT2D eigenvalue weighted by atomic mass is 10.1. The van der Waals surface area contributed by atoms with Crippen LogP contribution in [0.1, 0.15) is 34.6 Å². The van der Waals surface area contributed by atoms with Crippen molar-refractivity contribution < 1.29 is 4.79 Å². The summed E-state index contributed by atoms with van der Waals surface area (Å²) >= 11 is 0. The van der Waals surface area contributed by atoms with E-state index in [0.717, 1.165) is 23.2 Å². The molecule has 0 saturated carbocycles. The molecule has 1 aromatic heterocycles. The van der Waals surface area contributed by atoms with Crippen LogP contribution in [0.5, 0.6) is 0 Å². The summed E-state index contributed by atoms with van der Waals surface area (Å²) in [6, 6.07) is 21.6. The van der Waals surface area contributed by atoms with Crippen LogP contribution in [0.3, 0.4) is 0 Å². The smallest absolute Gasteiger partial charge is 0.261 e. The molecule has 4 nitrogen and oxygen atoms in total. The van der Waals surface area contributed by atoms with Crippen molar-refractivity contribution in [2.45, 2.75) is 19.5 Å². The Bertz CT molecular complexity index is 908. The molecule has 0 saturated heterocycles. The molecule has 3 aromatic rings. The summed E-state index contributed by atoms with van der Waals surface area (Å²) in [7, 11) is 0. The molecule has 2 heterocycles. The van der Waals surface area contributed by atoms with Gasteiger partial charge in [0.25, 0.3) is 5.91 Å². The maximum atomic E-state index is 13.0. The molecule has 25 heavy (non-hydrogen) atoms. The van der Waals surface area contributed by atoms with Gasteiger partial charge in [-0.15, -0.1) is 0 Å². The lowest BCUT2D eigenvalue weighted by Gasteiger charge is -2.26. The molecule has 1 N–H and O–H groups in total. The first-order valence-electron chi connectivity index (χ1n) is 8.47. The van der Waals surface area contributed by atoms with E-state index < -0.39 is 0 Å². The predicted molar refractivity (Wildman–Crippen MR) is 99.7 cm³/mol. The van der Waals surface area contributed by atoms with Crippen molar-refractivity contribution in [1.29, 1.82) is 0 Å². The molecular formula is C21H19N3O. The summed E-state index contributed by atoms with van der Waals surface area (Å²) < 4.78 is 0. The number of hydrogen-bond acceptors (Lipinski definition) is 3. The molecule has 0 bridgehead atoms. The van der Waals surface area contributed by atoms with Crippen molar-refractivity contribution in [2.24, 2.45) is 0 Å². The van der Waals surface area contributed by atoms with Gasteiger partial charge in [-0.3, -0.25) is 9.69 Å². The third-order valence-corrected chi connectivity index (χ3v) is 4.50. The van der Waals surface area contributed by atoms with Crippen LogP contribution in [-0.4, -0.2) is 10.9 Å². The fraction of sp³-hybridized carbons (Fsp3) is 0.143. The van der Waals surface area contributed by atoms with Crippen molar-refractivity contribution in [1.82, 2.24) is 4.98 Å². The molecule has 2 aromatic carbocycles. The van der Waals surface area contributed by atoms with Gasteiger partial charge in [0, 0.05) is 23.0 Å². The average Bonchev–Trinajstić information content (AvgIpc) is 2.95. The Balaban J connectivity index is 1.77. The number of rotatable bonds is 4. The molecule has 0 radical (unpaired) electrons. The molecule has 0 spiro atoms. The highest BCUT2D eigenvalue weighted by atomic mass is 16.2.